The van der Waals surface area contributed by atoms with Crippen molar-refractivity contribution in [3.05, 3.63) is 46.3 Å². The predicted molar refractivity (Wildman–Crippen MR) is 109 cm³/mol. The van der Waals surface area contributed by atoms with E-state index in [0.29, 0.717) is 37.7 Å². The molecule has 2 aromatic rings. The van der Waals surface area contributed by atoms with Crippen LogP contribution in [0, 0.1) is 5.92 Å². The van der Waals surface area contributed by atoms with Gasteiger partial charge in [0, 0.05) is 30.7 Å². The molecular weight excluding hydrogens is 380 g/mol. The molecule has 1 saturated heterocycles. The number of hydrogen-bond acceptors (Lipinski definition) is 5. The normalized spacial score (nSPS) is 14.8. The summed E-state index contributed by atoms with van der Waals surface area (Å²) in [5.41, 5.74) is 0.675. The second kappa shape index (κ2) is 9.75. The van der Waals surface area contributed by atoms with Crippen molar-refractivity contribution in [1.82, 2.24) is 20.5 Å². The summed E-state index contributed by atoms with van der Waals surface area (Å²) in [4.78, 5) is 32.0. The number of pyridine rings is 1. The van der Waals surface area contributed by atoms with Gasteiger partial charge in [-0.2, -0.15) is 0 Å². The van der Waals surface area contributed by atoms with Crippen LogP contribution in [0.4, 0.5) is 4.79 Å². The molecule has 0 radical (unpaired) electrons. The Morgan fingerprint density at radius 3 is 2.78 bits per heavy atom. The molecule has 0 aliphatic carbocycles. The van der Waals surface area contributed by atoms with Gasteiger partial charge >= 0.3 is 6.03 Å². The van der Waals surface area contributed by atoms with E-state index in [9.17, 15) is 9.59 Å². The van der Waals surface area contributed by atoms with Crippen LogP contribution in [-0.2, 0) is 6.54 Å². The lowest BCUT2D eigenvalue weighted by Gasteiger charge is -2.32. The van der Waals surface area contributed by atoms with E-state index >= 15 is 0 Å². The molecule has 3 heterocycles. The Balaban J connectivity index is 1.41. The van der Waals surface area contributed by atoms with Crippen LogP contribution >= 0.6 is 23.1 Å². The molecule has 0 unspecified atom stereocenters. The van der Waals surface area contributed by atoms with Gasteiger partial charge in [-0.15, -0.1) is 23.1 Å². The minimum Gasteiger partial charge on any atom is -0.339 e. The Kier molecular flexibility index (Phi) is 7.11. The van der Waals surface area contributed by atoms with Gasteiger partial charge in [0.05, 0.1) is 12.1 Å². The van der Waals surface area contributed by atoms with Gasteiger partial charge in [-0.25, -0.2) is 9.78 Å². The summed E-state index contributed by atoms with van der Waals surface area (Å²) in [5.74, 6) is 0.447. The third kappa shape index (κ3) is 5.46. The highest BCUT2D eigenvalue weighted by atomic mass is 32.2. The first-order chi connectivity index (χ1) is 13.2. The van der Waals surface area contributed by atoms with Gasteiger partial charge in [-0.05, 0) is 48.6 Å². The van der Waals surface area contributed by atoms with E-state index < -0.39 is 0 Å². The molecule has 27 heavy (non-hydrogen) atoms. The number of nitrogens with one attached hydrogen (secondary N) is 2. The minimum atomic E-state index is -0.137. The highest BCUT2D eigenvalue weighted by molar-refractivity contribution is 7.98. The van der Waals surface area contributed by atoms with Crippen LogP contribution in [0.15, 0.2) is 40.9 Å². The molecule has 6 nitrogen and oxygen atoms in total. The summed E-state index contributed by atoms with van der Waals surface area (Å²) in [6, 6.07) is 7.48. The molecule has 1 fully saturated rings. The average Bonchev–Trinajstić information content (AvgIpc) is 3.24. The van der Waals surface area contributed by atoms with Crippen molar-refractivity contribution in [1.29, 1.82) is 0 Å². The van der Waals surface area contributed by atoms with Crippen molar-refractivity contribution in [2.24, 2.45) is 5.92 Å². The number of thiophene rings is 1. The molecule has 3 rings (SSSR count). The summed E-state index contributed by atoms with van der Waals surface area (Å²) < 4.78 is 0. The van der Waals surface area contributed by atoms with Crippen LogP contribution < -0.4 is 10.6 Å². The standard InChI is InChI=1S/C19H24N4O2S2/c1-26-17-16(5-2-8-20-17)18(24)23-9-6-14(7-10-23)12-21-19(25)22-13-15-4-3-11-27-15/h2-5,8,11,14H,6-7,9-10,12-13H2,1H3,(H2,21,22,25). The maximum Gasteiger partial charge on any atom is 0.315 e. The van der Waals surface area contributed by atoms with E-state index in [2.05, 4.69) is 15.6 Å². The summed E-state index contributed by atoms with van der Waals surface area (Å²) in [6.07, 6.45) is 5.43. The van der Waals surface area contributed by atoms with Gasteiger partial charge in [-0.3, -0.25) is 4.79 Å². The third-order valence-corrected chi connectivity index (χ3v) is 6.24. The van der Waals surface area contributed by atoms with Gasteiger partial charge < -0.3 is 15.5 Å². The van der Waals surface area contributed by atoms with Crippen molar-refractivity contribution in [3.8, 4) is 0 Å². The largest absolute Gasteiger partial charge is 0.339 e. The van der Waals surface area contributed by atoms with Gasteiger partial charge in [0.2, 0.25) is 0 Å². The first kappa shape index (κ1) is 19.7. The Labute approximate surface area is 167 Å². The van der Waals surface area contributed by atoms with Gasteiger partial charge in [0.15, 0.2) is 0 Å². The Morgan fingerprint density at radius 1 is 1.26 bits per heavy atom. The zero-order valence-electron chi connectivity index (χ0n) is 15.3. The molecule has 0 bridgehead atoms. The highest BCUT2D eigenvalue weighted by Crippen LogP contribution is 2.22. The van der Waals surface area contributed by atoms with Crippen LogP contribution in [0.2, 0.25) is 0 Å². The Hall–Kier alpha value is -2.06. The van der Waals surface area contributed by atoms with E-state index in [1.54, 1.807) is 23.6 Å². The number of carbonyl (C=O) groups is 2. The van der Waals surface area contributed by atoms with Gasteiger partial charge in [0.25, 0.3) is 5.91 Å². The predicted octanol–water partition coefficient (Wildman–Crippen LogP) is 3.22. The van der Waals surface area contributed by atoms with Crippen molar-refractivity contribution in [2.45, 2.75) is 24.4 Å². The molecule has 0 saturated carbocycles. The molecular formula is C19H24N4O2S2. The zero-order valence-corrected chi connectivity index (χ0v) is 16.9. The average molecular weight is 405 g/mol. The lowest BCUT2D eigenvalue weighted by molar-refractivity contribution is 0.0686. The SMILES string of the molecule is CSc1ncccc1C(=O)N1CCC(CNC(=O)NCc2cccs2)CC1. The van der Waals surface area contributed by atoms with E-state index in [-0.39, 0.29) is 11.9 Å². The number of piperidine rings is 1. The topological polar surface area (TPSA) is 74.3 Å². The summed E-state index contributed by atoms with van der Waals surface area (Å²) in [6.45, 7) is 2.62. The molecule has 0 spiro atoms. The van der Waals surface area contributed by atoms with Crippen molar-refractivity contribution in [3.63, 3.8) is 0 Å². The smallest absolute Gasteiger partial charge is 0.315 e. The maximum atomic E-state index is 12.7. The fraction of sp³-hybridized carbons (Fsp3) is 0.421. The molecule has 2 aromatic heterocycles. The quantitative estimate of drug-likeness (QED) is 0.725. The van der Waals surface area contributed by atoms with Crippen molar-refractivity contribution >= 4 is 35.0 Å². The summed E-state index contributed by atoms with van der Waals surface area (Å²) in [5, 5.41) is 8.59. The highest BCUT2D eigenvalue weighted by Gasteiger charge is 2.25. The molecule has 1 aliphatic heterocycles. The van der Waals surface area contributed by atoms with Crippen molar-refractivity contribution in [2.75, 3.05) is 25.9 Å². The second-order valence-electron chi connectivity index (χ2n) is 6.44. The number of rotatable bonds is 6. The number of aromatic nitrogens is 1. The molecule has 3 amide bonds. The number of amides is 3. The molecule has 144 valence electrons. The zero-order chi connectivity index (χ0) is 19.1. The number of nitrogens with zero attached hydrogens (tertiary/aromatic N) is 2. The van der Waals surface area contributed by atoms with Crippen LogP contribution in [-0.4, -0.2) is 47.7 Å². The number of thioether (sulfide) groups is 1. The Morgan fingerprint density at radius 2 is 2.07 bits per heavy atom. The fourth-order valence-corrected chi connectivity index (χ4v) is 4.29. The lowest BCUT2D eigenvalue weighted by Crippen LogP contribution is -2.43. The van der Waals surface area contributed by atoms with Crippen LogP contribution in [0.5, 0.6) is 0 Å². The minimum absolute atomic E-state index is 0.0487. The van der Waals surface area contributed by atoms with Crippen LogP contribution in [0.3, 0.4) is 0 Å². The molecule has 0 aromatic carbocycles. The molecule has 0 atom stereocenters. The van der Waals surface area contributed by atoms with Gasteiger partial charge in [0.1, 0.15) is 5.03 Å². The monoisotopic (exact) mass is 404 g/mol. The molecule has 8 heteroatoms. The molecule has 1 aliphatic rings. The van der Waals surface area contributed by atoms with Gasteiger partial charge in [-0.1, -0.05) is 6.07 Å². The van der Waals surface area contributed by atoms with E-state index in [1.807, 2.05) is 34.7 Å². The van der Waals surface area contributed by atoms with Crippen LogP contribution in [0.1, 0.15) is 28.1 Å². The summed E-state index contributed by atoms with van der Waals surface area (Å²) >= 11 is 3.12. The Bertz CT molecular complexity index is 759. The van der Waals surface area contributed by atoms with E-state index in [1.165, 1.54) is 11.8 Å². The number of carbonyl (C=O) groups excluding carboxylic acids is 2. The number of hydrogen-bond donors (Lipinski definition) is 2. The van der Waals surface area contributed by atoms with Crippen molar-refractivity contribution < 1.29 is 9.59 Å². The van der Waals surface area contributed by atoms with E-state index in [4.69, 9.17) is 0 Å². The first-order valence-corrected chi connectivity index (χ1v) is 11.1. The number of urea groups is 1. The summed E-state index contributed by atoms with van der Waals surface area (Å²) in [7, 11) is 0. The maximum absolute atomic E-state index is 12.7. The second-order valence-corrected chi connectivity index (χ2v) is 8.27. The first-order valence-electron chi connectivity index (χ1n) is 8.99. The third-order valence-electron chi connectivity index (χ3n) is 4.65. The van der Waals surface area contributed by atoms with E-state index in [0.717, 1.165) is 22.7 Å². The number of likely N-dealkylation sites (tertiary alicyclic amines) is 1. The lowest BCUT2D eigenvalue weighted by atomic mass is 9.96. The van der Waals surface area contributed by atoms with Crippen LogP contribution in [0.25, 0.3) is 0 Å². The fourth-order valence-electron chi connectivity index (χ4n) is 3.11. The molecule has 2 N–H and O–H groups in total.